The topological polar surface area (TPSA) is 80.1 Å². The number of amides is 2. The van der Waals surface area contributed by atoms with Crippen molar-refractivity contribution in [2.24, 2.45) is 0 Å². The van der Waals surface area contributed by atoms with Gasteiger partial charge in [-0.2, -0.15) is 0 Å². The normalized spacial score (nSPS) is 17.8. The van der Waals surface area contributed by atoms with Crippen LogP contribution in [0.3, 0.4) is 0 Å². The summed E-state index contributed by atoms with van der Waals surface area (Å²) in [4.78, 5) is 27.8. The summed E-state index contributed by atoms with van der Waals surface area (Å²) >= 11 is 18.2. The van der Waals surface area contributed by atoms with Gasteiger partial charge >= 0.3 is 0 Å². The summed E-state index contributed by atoms with van der Waals surface area (Å²) in [6.07, 6.45) is 3.69. The van der Waals surface area contributed by atoms with Crippen molar-refractivity contribution >= 4 is 46.6 Å². The first kappa shape index (κ1) is 25.1. The standard InChI is InChI=1S/C26H26Cl3N5O2/c27-18-3-1-16(2-4-18)9-12-30-25(35)22-7-8-23-31-32-24(34(22)23)17-10-13-33(14-11-17)26(36)20-6-5-19(28)15-21(20)29/h1-6,15,17,22H,7-14H2,(H,30,35). The Morgan fingerprint density at radius 2 is 1.67 bits per heavy atom. The van der Waals surface area contributed by atoms with Gasteiger partial charge in [0.15, 0.2) is 0 Å². The van der Waals surface area contributed by atoms with Crippen LogP contribution in [0, 0.1) is 0 Å². The van der Waals surface area contributed by atoms with Crippen LogP contribution >= 0.6 is 34.8 Å². The minimum absolute atomic E-state index is 0.00578. The second-order valence-electron chi connectivity index (χ2n) is 9.26. The number of nitrogens with zero attached hydrogens (tertiary/aromatic N) is 4. The van der Waals surface area contributed by atoms with Crippen LogP contribution in [0.1, 0.15) is 58.8 Å². The van der Waals surface area contributed by atoms with Crippen molar-refractivity contribution in [3.05, 3.63) is 80.3 Å². The van der Waals surface area contributed by atoms with Gasteiger partial charge < -0.3 is 14.8 Å². The van der Waals surface area contributed by atoms with Crippen molar-refractivity contribution in [2.75, 3.05) is 19.6 Å². The van der Waals surface area contributed by atoms with Crippen molar-refractivity contribution in [3.8, 4) is 0 Å². The Morgan fingerprint density at radius 1 is 0.944 bits per heavy atom. The zero-order chi connectivity index (χ0) is 25.2. The molecule has 1 atom stereocenters. The molecule has 3 aromatic rings. The molecule has 0 bridgehead atoms. The van der Waals surface area contributed by atoms with Gasteiger partial charge in [0.2, 0.25) is 5.91 Å². The lowest BCUT2D eigenvalue weighted by molar-refractivity contribution is -0.124. The Bertz CT molecular complexity index is 1270. The lowest BCUT2D eigenvalue weighted by Gasteiger charge is -2.32. The molecule has 5 rings (SSSR count). The smallest absolute Gasteiger partial charge is 0.255 e. The van der Waals surface area contributed by atoms with Crippen molar-refractivity contribution in [1.82, 2.24) is 25.0 Å². The second-order valence-corrected chi connectivity index (χ2v) is 10.5. The van der Waals surface area contributed by atoms with E-state index in [1.54, 1.807) is 18.2 Å². The van der Waals surface area contributed by atoms with Gasteiger partial charge in [-0.3, -0.25) is 9.59 Å². The number of benzene rings is 2. The van der Waals surface area contributed by atoms with Crippen LogP contribution < -0.4 is 5.32 Å². The van der Waals surface area contributed by atoms with Crippen molar-refractivity contribution < 1.29 is 9.59 Å². The number of rotatable bonds is 6. The number of hydrogen-bond acceptors (Lipinski definition) is 4. The Morgan fingerprint density at radius 3 is 2.39 bits per heavy atom. The van der Waals surface area contributed by atoms with E-state index in [0.29, 0.717) is 40.3 Å². The zero-order valence-electron chi connectivity index (χ0n) is 19.6. The SMILES string of the molecule is O=C(NCCc1ccc(Cl)cc1)C1CCc2nnc(C3CCN(C(=O)c4ccc(Cl)cc4Cl)CC3)n21. The molecule has 1 saturated heterocycles. The van der Waals surface area contributed by atoms with Gasteiger partial charge in [-0.25, -0.2) is 0 Å². The number of hydrogen-bond donors (Lipinski definition) is 1. The van der Waals surface area contributed by atoms with Crippen LogP contribution in [0.25, 0.3) is 0 Å². The summed E-state index contributed by atoms with van der Waals surface area (Å²) in [5.74, 6) is 1.73. The summed E-state index contributed by atoms with van der Waals surface area (Å²) in [5, 5.41) is 13.5. The van der Waals surface area contributed by atoms with Gasteiger partial charge in [0.1, 0.15) is 17.7 Å². The molecule has 188 valence electrons. The average molecular weight is 547 g/mol. The molecule has 1 fully saturated rings. The molecule has 0 spiro atoms. The molecule has 0 radical (unpaired) electrons. The highest BCUT2D eigenvalue weighted by Gasteiger charge is 2.36. The Kier molecular flexibility index (Phi) is 7.51. The molecule has 36 heavy (non-hydrogen) atoms. The van der Waals surface area contributed by atoms with E-state index in [-0.39, 0.29) is 23.8 Å². The number of carbonyl (C=O) groups is 2. The molecular formula is C26H26Cl3N5O2. The highest BCUT2D eigenvalue weighted by molar-refractivity contribution is 6.36. The molecule has 0 aliphatic carbocycles. The molecular weight excluding hydrogens is 521 g/mol. The maximum atomic E-state index is 13.1. The first-order valence-electron chi connectivity index (χ1n) is 12.1. The van der Waals surface area contributed by atoms with Crippen LogP contribution in [-0.2, 0) is 17.6 Å². The molecule has 1 unspecified atom stereocenters. The molecule has 2 aliphatic heterocycles. The monoisotopic (exact) mass is 545 g/mol. The number of carbonyl (C=O) groups excluding carboxylic acids is 2. The third kappa shape index (κ3) is 5.24. The van der Waals surface area contributed by atoms with Crippen LogP contribution in [-0.4, -0.2) is 51.1 Å². The van der Waals surface area contributed by atoms with E-state index in [0.717, 1.165) is 49.3 Å². The molecule has 3 heterocycles. The number of piperidine rings is 1. The molecule has 1 N–H and O–H groups in total. The van der Waals surface area contributed by atoms with Crippen molar-refractivity contribution in [2.45, 2.75) is 44.1 Å². The molecule has 10 heteroatoms. The quantitative estimate of drug-likeness (QED) is 0.466. The first-order chi connectivity index (χ1) is 17.4. The predicted octanol–water partition coefficient (Wildman–Crippen LogP) is 5.10. The fraction of sp³-hybridized carbons (Fsp3) is 0.385. The van der Waals surface area contributed by atoms with E-state index in [9.17, 15) is 9.59 Å². The molecule has 2 aliphatic rings. The van der Waals surface area contributed by atoms with E-state index in [1.165, 1.54) is 0 Å². The molecule has 1 aromatic heterocycles. The van der Waals surface area contributed by atoms with Crippen LogP contribution in [0.4, 0.5) is 0 Å². The number of fused-ring (bicyclic) bond motifs is 1. The first-order valence-corrected chi connectivity index (χ1v) is 13.2. The molecule has 7 nitrogen and oxygen atoms in total. The molecule has 2 aromatic carbocycles. The Balaban J connectivity index is 1.20. The summed E-state index contributed by atoms with van der Waals surface area (Å²) in [7, 11) is 0. The summed E-state index contributed by atoms with van der Waals surface area (Å²) in [5.41, 5.74) is 1.58. The lowest BCUT2D eigenvalue weighted by Crippen LogP contribution is -2.39. The minimum atomic E-state index is -0.303. The molecule has 2 amide bonds. The zero-order valence-corrected chi connectivity index (χ0v) is 21.9. The summed E-state index contributed by atoms with van der Waals surface area (Å²) in [6, 6.07) is 12.3. The van der Waals surface area contributed by atoms with Crippen molar-refractivity contribution in [1.29, 1.82) is 0 Å². The van der Waals surface area contributed by atoms with E-state index in [1.807, 2.05) is 33.7 Å². The lowest BCUT2D eigenvalue weighted by atomic mass is 9.95. The van der Waals surface area contributed by atoms with E-state index >= 15 is 0 Å². The van der Waals surface area contributed by atoms with Gasteiger partial charge in [-0.1, -0.05) is 46.9 Å². The van der Waals surface area contributed by atoms with Gasteiger partial charge in [0.25, 0.3) is 5.91 Å². The number of likely N-dealkylation sites (tertiary alicyclic amines) is 1. The van der Waals surface area contributed by atoms with Crippen LogP contribution in [0.15, 0.2) is 42.5 Å². The van der Waals surface area contributed by atoms with E-state index < -0.39 is 0 Å². The van der Waals surface area contributed by atoms with Gasteiger partial charge in [-0.15, -0.1) is 10.2 Å². The van der Waals surface area contributed by atoms with Gasteiger partial charge in [-0.05, 0) is 61.6 Å². The van der Waals surface area contributed by atoms with Gasteiger partial charge in [0.05, 0.1) is 10.6 Å². The Hall–Kier alpha value is -2.61. The number of halogens is 3. The third-order valence-electron chi connectivity index (χ3n) is 6.98. The van der Waals surface area contributed by atoms with E-state index in [4.69, 9.17) is 34.8 Å². The summed E-state index contributed by atoms with van der Waals surface area (Å²) in [6.45, 7) is 1.72. The highest BCUT2D eigenvalue weighted by atomic mass is 35.5. The van der Waals surface area contributed by atoms with E-state index in [2.05, 4.69) is 15.5 Å². The van der Waals surface area contributed by atoms with Gasteiger partial charge in [0, 0.05) is 42.0 Å². The number of nitrogens with one attached hydrogen (secondary N) is 1. The van der Waals surface area contributed by atoms with Crippen molar-refractivity contribution in [3.63, 3.8) is 0 Å². The maximum Gasteiger partial charge on any atom is 0.255 e. The minimum Gasteiger partial charge on any atom is -0.354 e. The summed E-state index contributed by atoms with van der Waals surface area (Å²) < 4.78 is 2.02. The fourth-order valence-electron chi connectivity index (χ4n) is 5.04. The Labute approximate surface area is 224 Å². The van der Waals surface area contributed by atoms with Crippen LogP contribution in [0.2, 0.25) is 15.1 Å². The van der Waals surface area contributed by atoms with Crippen LogP contribution in [0.5, 0.6) is 0 Å². The second kappa shape index (κ2) is 10.8. The largest absolute Gasteiger partial charge is 0.354 e. The number of aryl methyl sites for hydroxylation is 1. The predicted molar refractivity (Wildman–Crippen MR) is 140 cm³/mol. The average Bonchev–Trinajstić information content (AvgIpc) is 3.48. The third-order valence-corrected chi connectivity index (χ3v) is 7.78. The molecule has 0 saturated carbocycles. The highest BCUT2D eigenvalue weighted by Crippen LogP contribution is 2.34. The fourth-order valence-corrected chi connectivity index (χ4v) is 5.66. The maximum absolute atomic E-state index is 13.1. The number of aromatic nitrogens is 3.